The number of rotatable bonds is 6. The van der Waals surface area contributed by atoms with Crippen molar-refractivity contribution in [2.24, 2.45) is 5.92 Å². The van der Waals surface area contributed by atoms with Gasteiger partial charge in [0.25, 0.3) is 5.69 Å². The van der Waals surface area contributed by atoms with Crippen molar-refractivity contribution >= 4 is 5.69 Å². The molecule has 0 amide bonds. The van der Waals surface area contributed by atoms with Crippen molar-refractivity contribution in [2.45, 2.75) is 26.4 Å². The van der Waals surface area contributed by atoms with E-state index in [2.05, 4.69) is 5.32 Å². The van der Waals surface area contributed by atoms with Crippen LogP contribution in [0.4, 0.5) is 5.69 Å². The molecule has 0 saturated carbocycles. The molecule has 1 rings (SSSR count). The predicted octanol–water partition coefficient (Wildman–Crippen LogP) is 1.70. The molecule has 0 fully saturated rings. The van der Waals surface area contributed by atoms with Crippen LogP contribution in [0.3, 0.4) is 0 Å². The fraction of sp³-hybridized carbons (Fsp3) is 0.500. The average molecular weight is 238 g/mol. The van der Waals surface area contributed by atoms with Gasteiger partial charge in [0.15, 0.2) is 0 Å². The molecule has 0 radical (unpaired) electrons. The fourth-order valence-electron chi connectivity index (χ4n) is 1.47. The number of aliphatic hydroxyl groups is 1. The molecule has 0 aromatic heterocycles. The van der Waals surface area contributed by atoms with Gasteiger partial charge >= 0.3 is 0 Å². The highest BCUT2D eigenvalue weighted by molar-refractivity contribution is 5.39. The maximum atomic E-state index is 10.8. The Balaban J connectivity index is 2.66. The third-order valence-corrected chi connectivity index (χ3v) is 2.94. The lowest BCUT2D eigenvalue weighted by atomic mass is 10.0. The van der Waals surface area contributed by atoms with Gasteiger partial charge in [-0.3, -0.25) is 10.1 Å². The molecule has 17 heavy (non-hydrogen) atoms. The number of nitrogens with one attached hydrogen (secondary N) is 1. The second-order valence-electron chi connectivity index (χ2n) is 4.22. The van der Waals surface area contributed by atoms with Crippen molar-refractivity contribution in [3.05, 3.63) is 39.9 Å². The molecule has 0 aliphatic heterocycles. The van der Waals surface area contributed by atoms with Gasteiger partial charge in [0.05, 0.1) is 4.92 Å². The van der Waals surface area contributed by atoms with Gasteiger partial charge in [-0.1, -0.05) is 25.1 Å². The van der Waals surface area contributed by atoms with E-state index in [1.165, 1.54) is 6.07 Å². The van der Waals surface area contributed by atoms with E-state index in [9.17, 15) is 10.1 Å². The van der Waals surface area contributed by atoms with E-state index < -0.39 is 0 Å². The van der Waals surface area contributed by atoms with E-state index in [0.29, 0.717) is 12.1 Å². The van der Waals surface area contributed by atoms with Crippen LogP contribution < -0.4 is 5.32 Å². The highest BCUT2D eigenvalue weighted by atomic mass is 16.6. The van der Waals surface area contributed by atoms with Gasteiger partial charge in [0.2, 0.25) is 0 Å². The average Bonchev–Trinajstić information content (AvgIpc) is 2.35. The summed E-state index contributed by atoms with van der Waals surface area (Å²) in [6.45, 7) is 4.42. The van der Waals surface area contributed by atoms with Crippen molar-refractivity contribution in [3.8, 4) is 0 Å². The van der Waals surface area contributed by atoms with Gasteiger partial charge in [-0.15, -0.1) is 0 Å². The molecule has 5 heteroatoms. The summed E-state index contributed by atoms with van der Waals surface area (Å²) in [5.41, 5.74) is 0.790. The summed E-state index contributed by atoms with van der Waals surface area (Å²) in [7, 11) is 0. The molecular formula is C12H18N2O3. The number of nitro groups is 1. The van der Waals surface area contributed by atoms with Crippen LogP contribution in [0.1, 0.15) is 19.4 Å². The molecule has 1 aromatic carbocycles. The van der Waals surface area contributed by atoms with E-state index in [1.54, 1.807) is 18.2 Å². The SMILES string of the molecule is CC(CO)C(C)NCc1ccccc1[N+](=O)[O-]. The van der Waals surface area contributed by atoms with Crippen LogP contribution in [0.25, 0.3) is 0 Å². The van der Waals surface area contributed by atoms with Gasteiger partial charge in [-0.2, -0.15) is 0 Å². The Labute approximate surface area is 101 Å². The Morgan fingerprint density at radius 3 is 2.65 bits per heavy atom. The van der Waals surface area contributed by atoms with E-state index in [4.69, 9.17) is 5.11 Å². The van der Waals surface area contributed by atoms with Crippen molar-refractivity contribution in [1.29, 1.82) is 0 Å². The maximum Gasteiger partial charge on any atom is 0.273 e. The molecule has 2 N–H and O–H groups in total. The zero-order chi connectivity index (χ0) is 12.8. The molecule has 1 aromatic rings. The summed E-state index contributed by atoms with van der Waals surface area (Å²) in [6, 6.07) is 6.78. The molecule has 0 aliphatic rings. The topological polar surface area (TPSA) is 75.4 Å². The maximum absolute atomic E-state index is 10.8. The van der Waals surface area contributed by atoms with Gasteiger partial charge < -0.3 is 10.4 Å². The minimum absolute atomic E-state index is 0.102. The Morgan fingerprint density at radius 1 is 1.41 bits per heavy atom. The molecule has 5 nitrogen and oxygen atoms in total. The number of hydrogen-bond donors (Lipinski definition) is 2. The summed E-state index contributed by atoms with van der Waals surface area (Å²) in [6.07, 6.45) is 0. The second kappa shape index (κ2) is 6.32. The summed E-state index contributed by atoms with van der Waals surface area (Å²) in [5.74, 6) is 0.123. The number of nitrogens with zero attached hydrogens (tertiary/aromatic N) is 1. The quantitative estimate of drug-likeness (QED) is 0.584. The number of nitro benzene ring substituents is 1. The lowest BCUT2D eigenvalue weighted by Crippen LogP contribution is -2.33. The number of hydrogen-bond acceptors (Lipinski definition) is 4. The van der Waals surface area contributed by atoms with Crippen LogP contribution in [-0.4, -0.2) is 22.7 Å². The third-order valence-electron chi connectivity index (χ3n) is 2.94. The third kappa shape index (κ3) is 3.80. The lowest BCUT2D eigenvalue weighted by Gasteiger charge is -2.19. The number of para-hydroxylation sites is 1. The van der Waals surface area contributed by atoms with Crippen molar-refractivity contribution in [2.75, 3.05) is 6.61 Å². The summed E-state index contributed by atoms with van der Waals surface area (Å²) in [4.78, 5) is 10.4. The molecule has 2 atom stereocenters. The van der Waals surface area contributed by atoms with Gasteiger partial charge in [0.1, 0.15) is 0 Å². The largest absolute Gasteiger partial charge is 0.396 e. The van der Waals surface area contributed by atoms with E-state index in [1.807, 2.05) is 13.8 Å². The first-order valence-corrected chi connectivity index (χ1v) is 5.62. The highest BCUT2D eigenvalue weighted by Crippen LogP contribution is 2.17. The second-order valence-corrected chi connectivity index (χ2v) is 4.22. The summed E-state index contributed by atoms with van der Waals surface area (Å²) in [5, 5.41) is 23.0. The van der Waals surface area contributed by atoms with Crippen LogP contribution in [0.15, 0.2) is 24.3 Å². The fourth-order valence-corrected chi connectivity index (χ4v) is 1.47. The normalized spacial score (nSPS) is 14.3. The van der Waals surface area contributed by atoms with E-state index >= 15 is 0 Å². The standard InChI is InChI=1S/C12H18N2O3/c1-9(8-15)10(2)13-7-11-5-3-4-6-12(11)14(16)17/h3-6,9-10,13,15H,7-8H2,1-2H3. The van der Waals surface area contributed by atoms with Gasteiger partial charge in [-0.25, -0.2) is 0 Å². The zero-order valence-corrected chi connectivity index (χ0v) is 10.1. The molecule has 94 valence electrons. The Bertz CT molecular complexity index is 382. The first-order valence-electron chi connectivity index (χ1n) is 5.62. The zero-order valence-electron chi connectivity index (χ0n) is 10.1. The van der Waals surface area contributed by atoms with Crippen LogP contribution in [0, 0.1) is 16.0 Å². The van der Waals surface area contributed by atoms with Crippen LogP contribution in [0.2, 0.25) is 0 Å². The monoisotopic (exact) mass is 238 g/mol. The van der Waals surface area contributed by atoms with Crippen molar-refractivity contribution in [3.63, 3.8) is 0 Å². The number of benzene rings is 1. The minimum Gasteiger partial charge on any atom is -0.396 e. The minimum atomic E-state index is -0.378. The van der Waals surface area contributed by atoms with Crippen LogP contribution >= 0.6 is 0 Å². The highest BCUT2D eigenvalue weighted by Gasteiger charge is 2.15. The Kier molecular flexibility index (Phi) is 5.06. The lowest BCUT2D eigenvalue weighted by molar-refractivity contribution is -0.385. The summed E-state index contributed by atoms with van der Waals surface area (Å²) >= 11 is 0. The van der Waals surface area contributed by atoms with Crippen molar-refractivity contribution < 1.29 is 10.0 Å². The summed E-state index contributed by atoms with van der Waals surface area (Å²) < 4.78 is 0. The Morgan fingerprint density at radius 2 is 2.06 bits per heavy atom. The molecule has 0 heterocycles. The molecule has 0 saturated heterocycles. The van der Waals surface area contributed by atoms with E-state index in [-0.39, 0.29) is 29.2 Å². The first-order chi connectivity index (χ1) is 8.06. The van der Waals surface area contributed by atoms with Gasteiger partial charge in [0, 0.05) is 30.8 Å². The molecular weight excluding hydrogens is 220 g/mol. The van der Waals surface area contributed by atoms with Crippen LogP contribution in [-0.2, 0) is 6.54 Å². The molecule has 0 bridgehead atoms. The molecule has 0 aliphatic carbocycles. The molecule has 0 spiro atoms. The predicted molar refractivity (Wildman–Crippen MR) is 65.6 cm³/mol. The first kappa shape index (κ1) is 13.6. The van der Waals surface area contributed by atoms with Crippen molar-refractivity contribution in [1.82, 2.24) is 5.32 Å². The van der Waals surface area contributed by atoms with E-state index in [0.717, 1.165) is 0 Å². The number of aliphatic hydroxyl groups excluding tert-OH is 1. The Hall–Kier alpha value is -1.46. The van der Waals surface area contributed by atoms with Gasteiger partial charge in [-0.05, 0) is 12.8 Å². The van der Waals surface area contributed by atoms with Crippen LogP contribution in [0.5, 0.6) is 0 Å². The smallest absolute Gasteiger partial charge is 0.273 e. The molecule has 2 unspecified atom stereocenters.